The molecule has 4 heteroatoms. The number of nitrogens with one attached hydrogen (secondary N) is 1. The Morgan fingerprint density at radius 3 is 2.95 bits per heavy atom. The number of anilines is 2. The summed E-state index contributed by atoms with van der Waals surface area (Å²) in [5.41, 5.74) is 2.31. The molecule has 0 spiro atoms. The van der Waals surface area contributed by atoms with Crippen molar-refractivity contribution in [3.05, 3.63) is 47.7 Å². The predicted molar refractivity (Wildman–Crippen MR) is 74.6 cm³/mol. The van der Waals surface area contributed by atoms with Crippen LogP contribution in [0.4, 0.5) is 11.5 Å². The molecule has 0 bridgehead atoms. The summed E-state index contributed by atoms with van der Waals surface area (Å²) in [6, 6.07) is 11.6. The summed E-state index contributed by atoms with van der Waals surface area (Å²) in [7, 11) is 0. The second-order valence-electron chi connectivity index (χ2n) is 4.05. The molecule has 0 amide bonds. The smallest absolute Gasteiger partial charge is 0.148 e. The first kappa shape index (κ1) is 12.9. The van der Waals surface area contributed by atoms with Gasteiger partial charge in [0.15, 0.2) is 0 Å². The summed E-state index contributed by atoms with van der Waals surface area (Å²) in [6.45, 7) is 4.45. The Hall–Kier alpha value is -2.54. The molecule has 2 aromatic rings. The molecule has 0 fully saturated rings. The molecule has 0 unspecified atom stereocenters. The van der Waals surface area contributed by atoms with Gasteiger partial charge >= 0.3 is 0 Å². The van der Waals surface area contributed by atoms with E-state index in [4.69, 9.17) is 10.00 Å². The van der Waals surface area contributed by atoms with Crippen molar-refractivity contribution in [2.45, 2.75) is 13.8 Å². The van der Waals surface area contributed by atoms with Gasteiger partial charge in [0.05, 0.1) is 12.2 Å². The van der Waals surface area contributed by atoms with Gasteiger partial charge < -0.3 is 10.1 Å². The topological polar surface area (TPSA) is 57.9 Å². The van der Waals surface area contributed by atoms with Crippen LogP contribution in [0.3, 0.4) is 0 Å². The van der Waals surface area contributed by atoms with Crippen molar-refractivity contribution in [3.8, 4) is 11.8 Å². The van der Waals surface area contributed by atoms with E-state index in [1.807, 2.05) is 44.2 Å². The SMILES string of the molecule is CCOc1cccc(Nc2nccc(C)c2C#N)c1. The largest absolute Gasteiger partial charge is 0.494 e. The molecule has 96 valence electrons. The number of nitrogens with zero attached hydrogens (tertiary/aromatic N) is 2. The Labute approximate surface area is 112 Å². The Morgan fingerprint density at radius 1 is 1.37 bits per heavy atom. The molecule has 1 heterocycles. The number of hydrogen-bond donors (Lipinski definition) is 1. The van der Waals surface area contributed by atoms with Gasteiger partial charge in [0.1, 0.15) is 17.6 Å². The lowest BCUT2D eigenvalue weighted by atomic mass is 10.1. The van der Waals surface area contributed by atoms with Crippen LogP contribution in [0.1, 0.15) is 18.1 Å². The van der Waals surface area contributed by atoms with E-state index in [2.05, 4.69) is 16.4 Å². The van der Waals surface area contributed by atoms with Gasteiger partial charge in [-0.1, -0.05) is 6.07 Å². The minimum absolute atomic E-state index is 0.560. The Kier molecular flexibility index (Phi) is 3.99. The molecule has 0 saturated carbocycles. The summed E-state index contributed by atoms with van der Waals surface area (Å²) in [6.07, 6.45) is 1.69. The average Bonchev–Trinajstić information content (AvgIpc) is 2.40. The lowest BCUT2D eigenvalue weighted by Gasteiger charge is -2.10. The standard InChI is InChI=1S/C15H15N3O/c1-3-19-13-6-4-5-12(9-13)18-15-14(10-16)11(2)7-8-17-15/h4-9H,3H2,1-2H3,(H,17,18). The summed E-state index contributed by atoms with van der Waals surface area (Å²) < 4.78 is 5.44. The number of rotatable bonds is 4. The fourth-order valence-electron chi connectivity index (χ4n) is 1.76. The first-order valence-corrected chi connectivity index (χ1v) is 6.10. The third kappa shape index (κ3) is 3.02. The van der Waals surface area contributed by atoms with E-state index < -0.39 is 0 Å². The van der Waals surface area contributed by atoms with Crippen LogP contribution >= 0.6 is 0 Å². The predicted octanol–water partition coefficient (Wildman–Crippen LogP) is 3.40. The zero-order valence-electron chi connectivity index (χ0n) is 11.0. The third-order valence-electron chi connectivity index (χ3n) is 2.68. The van der Waals surface area contributed by atoms with Crippen LogP contribution in [0.25, 0.3) is 0 Å². The highest BCUT2D eigenvalue weighted by atomic mass is 16.5. The van der Waals surface area contributed by atoms with E-state index in [1.54, 1.807) is 6.20 Å². The number of benzene rings is 1. The molecular weight excluding hydrogens is 238 g/mol. The van der Waals surface area contributed by atoms with Crippen LogP contribution in [0.15, 0.2) is 36.5 Å². The average molecular weight is 253 g/mol. The first-order chi connectivity index (χ1) is 9.24. The molecule has 19 heavy (non-hydrogen) atoms. The summed E-state index contributed by atoms with van der Waals surface area (Å²) in [4.78, 5) is 4.21. The van der Waals surface area contributed by atoms with Crippen molar-refractivity contribution in [1.29, 1.82) is 5.26 Å². The molecule has 0 aliphatic heterocycles. The molecule has 0 aliphatic carbocycles. The summed E-state index contributed by atoms with van der Waals surface area (Å²) >= 11 is 0. The molecule has 0 radical (unpaired) electrons. The van der Waals surface area contributed by atoms with Crippen molar-refractivity contribution in [3.63, 3.8) is 0 Å². The third-order valence-corrected chi connectivity index (χ3v) is 2.68. The number of aromatic nitrogens is 1. The van der Waals surface area contributed by atoms with Crippen LogP contribution in [-0.4, -0.2) is 11.6 Å². The highest BCUT2D eigenvalue weighted by Crippen LogP contribution is 2.23. The zero-order valence-corrected chi connectivity index (χ0v) is 11.0. The molecule has 1 N–H and O–H groups in total. The second kappa shape index (κ2) is 5.87. The maximum Gasteiger partial charge on any atom is 0.148 e. The van der Waals surface area contributed by atoms with Crippen molar-refractivity contribution in [2.75, 3.05) is 11.9 Å². The van der Waals surface area contributed by atoms with Crippen molar-refractivity contribution >= 4 is 11.5 Å². The van der Waals surface area contributed by atoms with Crippen molar-refractivity contribution < 1.29 is 4.74 Å². The molecule has 0 aliphatic rings. The van der Waals surface area contributed by atoms with E-state index >= 15 is 0 Å². The summed E-state index contributed by atoms with van der Waals surface area (Å²) in [5.74, 6) is 1.36. The highest BCUT2D eigenvalue weighted by molar-refractivity contribution is 5.65. The molecule has 1 aromatic heterocycles. The minimum Gasteiger partial charge on any atom is -0.494 e. The van der Waals surface area contributed by atoms with Gasteiger partial charge in [-0.05, 0) is 37.6 Å². The Balaban J connectivity index is 2.29. The molecular formula is C15H15N3O. The molecule has 2 rings (SSSR count). The zero-order chi connectivity index (χ0) is 13.7. The molecule has 4 nitrogen and oxygen atoms in total. The molecule has 0 atom stereocenters. The maximum atomic E-state index is 9.16. The van der Waals surface area contributed by atoms with Gasteiger partial charge in [-0.25, -0.2) is 4.98 Å². The van der Waals surface area contributed by atoms with E-state index in [-0.39, 0.29) is 0 Å². The van der Waals surface area contributed by atoms with Crippen LogP contribution < -0.4 is 10.1 Å². The van der Waals surface area contributed by atoms with Crippen LogP contribution in [0.2, 0.25) is 0 Å². The second-order valence-corrected chi connectivity index (χ2v) is 4.05. The van der Waals surface area contributed by atoms with Gasteiger partial charge in [-0.3, -0.25) is 0 Å². The van der Waals surface area contributed by atoms with Gasteiger partial charge in [-0.15, -0.1) is 0 Å². The molecule has 0 saturated heterocycles. The minimum atomic E-state index is 0.560. The Bertz CT molecular complexity index is 617. The van der Waals surface area contributed by atoms with Crippen LogP contribution in [-0.2, 0) is 0 Å². The number of ether oxygens (including phenoxy) is 1. The van der Waals surface area contributed by atoms with Crippen molar-refractivity contribution in [1.82, 2.24) is 4.98 Å². The number of nitriles is 1. The van der Waals surface area contributed by atoms with Gasteiger partial charge in [0, 0.05) is 18.0 Å². The fraction of sp³-hybridized carbons (Fsp3) is 0.200. The number of aryl methyl sites for hydroxylation is 1. The van der Waals surface area contributed by atoms with E-state index in [9.17, 15) is 0 Å². The Morgan fingerprint density at radius 2 is 2.21 bits per heavy atom. The fourth-order valence-corrected chi connectivity index (χ4v) is 1.76. The van der Waals surface area contributed by atoms with Gasteiger partial charge in [0.2, 0.25) is 0 Å². The van der Waals surface area contributed by atoms with Gasteiger partial charge in [-0.2, -0.15) is 5.26 Å². The monoisotopic (exact) mass is 253 g/mol. The highest BCUT2D eigenvalue weighted by Gasteiger charge is 2.07. The van der Waals surface area contributed by atoms with E-state index in [0.29, 0.717) is 18.0 Å². The van der Waals surface area contributed by atoms with E-state index in [0.717, 1.165) is 17.0 Å². The number of pyridine rings is 1. The van der Waals surface area contributed by atoms with Crippen LogP contribution in [0.5, 0.6) is 5.75 Å². The molecule has 1 aromatic carbocycles. The quantitative estimate of drug-likeness (QED) is 0.907. The van der Waals surface area contributed by atoms with Crippen molar-refractivity contribution in [2.24, 2.45) is 0 Å². The van der Waals surface area contributed by atoms with E-state index in [1.165, 1.54) is 0 Å². The first-order valence-electron chi connectivity index (χ1n) is 6.10. The summed E-state index contributed by atoms with van der Waals surface area (Å²) in [5, 5.41) is 12.3. The lowest BCUT2D eigenvalue weighted by Crippen LogP contribution is -1.99. The number of hydrogen-bond acceptors (Lipinski definition) is 4. The maximum absolute atomic E-state index is 9.16. The lowest BCUT2D eigenvalue weighted by molar-refractivity contribution is 0.340. The van der Waals surface area contributed by atoms with Gasteiger partial charge in [0.25, 0.3) is 0 Å². The normalized spacial score (nSPS) is 9.74. The van der Waals surface area contributed by atoms with Crippen LogP contribution in [0, 0.1) is 18.3 Å².